The third-order valence-corrected chi connectivity index (χ3v) is 3.82. The van der Waals surface area contributed by atoms with Crippen LogP contribution in [0.3, 0.4) is 0 Å². The highest BCUT2D eigenvalue weighted by Gasteiger charge is 2.08. The molecular formula is C19H26N2. The van der Waals surface area contributed by atoms with E-state index < -0.39 is 0 Å². The summed E-state index contributed by atoms with van der Waals surface area (Å²) < 4.78 is 0. The molecule has 0 amide bonds. The molecule has 2 heteroatoms. The largest absolute Gasteiger partial charge is 0.378 e. The summed E-state index contributed by atoms with van der Waals surface area (Å²) in [7, 11) is 4.13. The van der Waals surface area contributed by atoms with Gasteiger partial charge in [0.25, 0.3) is 0 Å². The number of aryl methyl sites for hydroxylation is 1. The Hall–Kier alpha value is -1.96. The number of nitrogens with zero attached hydrogens (tertiary/aromatic N) is 1. The summed E-state index contributed by atoms with van der Waals surface area (Å²) >= 11 is 0. The standard InChI is InChI=1S/C19H26N2/c1-5-8-17-9-6-7-10-19(17)20-15(2)16-11-13-18(14-12-16)21(3)4/h6-7,9-15,20H,5,8H2,1-4H3. The van der Waals surface area contributed by atoms with Gasteiger partial charge in [0.05, 0.1) is 0 Å². The average molecular weight is 282 g/mol. The zero-order chi connectivity index (χ0) is 15.2. The Morgan fingerprint density at radius 1 is 1.00 bits per heavy atom. The molecule has 0 saturated heterocycles. The number of benzene rings is 2. The molecule has 0 bridgehead atoms. The third-order valence-electron chi connectivity index (χ3n) is 3.82. The summed E-state index contributed by atoms with van der Waals surface area (Å²) in [5.74, 6) is 0. The van der Waals surface area contributed by atoms with Gasteiger partial charge in [-0.1, -0.05) is 43.7 Å². The molecule has 1 N–H and O–H groups in total. The van der Waals surface area contributed by atoms with Crippen molar-refractivity contribution in [2.75, 3.05) is 24.3 Å². The van der Waals surface area contributed by atoms with Gasteiger partial charge in [0, 0.05) is 31.5 Å². The smallest absolute Gasteiger partial charge is 0.0485 e. The van der Waals surface area contributed by atoms with E-state index in [1.165, 1.54) is 28.9 Å². The second-order valence-electron chi connectivity index (χ2n) is 5.76. The van der Waals surface area contributed by atoms with Crippen LogP contribution < -0.4 is 10.2 Å². The van der Waals surface area contributed by atoms with Gasteiger partial charge >= 0.3 is 0 Å². The Labute approximate surface area is 128 Å². The van der Waals surface area contributed by atoms with Crippen LogP contribution in [0.25, 0.3) is 0 Å². The molecule has 0 radical (unpaired) electrons. The molecule has 2 aromatic carbocycles. The Balaban J connectivity index is 2.12. The van der Waals surface area contributed by atoms with E-state index in [0.29, 0.717) is 6.04 Å². The number of para-hydroxylation sites is 1. The summed E-state index contributed by atoms with van der Waals surface area (Å²) in [6, 6.07) is 17.7. The van der Waals surface area contributed by atoms with Gasteiger partial charge in [-0.2, -0.15) is 0 Å². The first kappa shape index (κ1) is 15.4. The van der Waals surface area contributed by atoms with Crippen molar-refractivity contribution in [3.8, 4) is 0 Å². The average Bonchev–Trinajstić information content (AvgIpc) is 2.49. The highest BCUT2D eigenvalue weighted by molar-refractivity contribution is 5.53. The van der Waals surface area contributed by atoms with Crippen molar-refractivity contribution in [1.29, 1.82) is 0 Å². The van der Waals surface area contributed by atoms with E-state index in [4.69, 9.17) is 0 Å². The van der Waals surface area contributed by atoms with Crippen molar-refractivity contribution in [1.82, 2.24) is 0 Å². The first-order chi connectivity index (χ1) is 10.1. The highest BCUT2D eigenvalue weighted by Crippen LogP contribution is 2.24. The number of hydrogen-bond acceptors (Lipinski definition) is 2. The second-order valence-corrected chi connectivity index (χ2v) is 5.76. The van der Waals surface area contributed by atoms with Crippen molar-refractivity contribution >= 4 is 11.4 Å². The molecule has 0 aliphatic heterocycles. The minimum atomic E-state index is 0.305. The fourth-order valence-corrected chi connectivity index (χ4v) is 2.53. The lowest BCUT2D eigenvalue weighted by Crippen LogP contribution is -2.10. The van der Waals surface area contributed by atoms with Crippen LogP contribution in [0.4, 0.5) is 11.4 Å². The van der Waals surface area contributed by atoms with Crippen LogP contribution in [0.5, 0.6) is 0 Å². The number of anilines is 2. The van der Waals surface area contributed by atoms with Crippen molar-refractivity contribution in [2.24, 2.45) is 0 Å². The Kier molecular flexibility index (Phi) is 5.26. The van der Waals surface area contributed by atoms with E-state index in [2.05, 4.69) is 86.7 Å². The molecule has 0 spiro atoms. The van der Waals surface area contributed by atoms with Gasteiger partial charge in [0.1, 0.15) is 0 Å². The van der Waals surface area contributed by atoms with Crippen molar-refractivity contribution in [3.05, 3.63) is 59.7 Å². The first-order valence-corrected chi connectivity index (χ1v) is 7.73. The zero-order valence-electron chi connectivity index (χ0n) is 13.6. The molecule has 0 aliphatic carbocycles. The van der Waals surface area contributed by atoms with Gasteiger partial charge < -0.3 is 10.2 Å². The molecular weight excluding hydrogens is 256 g/mol. The van der Waals surface area contributed by atoms with E-state index in [-0.39, 0.29) is 0 Å². The van der Waals surface area contributed by atoms with Crippen LogP contribution in [0, 0.1) is 0 Å². The SMILES string of the molecule is CCCc1ccccc1NC(C)c1ccc(N(C)C)cc1. The van der Waals surface area contributed by atoms with Gasteiger partial charge in [0.2, 0.25) is 0 Å². The van der Waals surface area contributed by atoms with Gasteiger partial charge in [-0.05, 0) is 42.7 Å². The molecule has 0 fully saturated rings. The molecule has 112 valence electrons. The van der Waals surface area contributed by atoms with E-state index >= 15 is 0 Å². The molecule has 0 heterocycles. The van der Waals surface area contributed by atoms with Crippen LogP contribution in [0.1, 0.15) is 37.4 Å². The monoisotopic (exact) mass is 282 g/mol. The lowest BCUT2D eigenvalue weighted by Gasteiger charge is -2.20. The molecule has 0 aromatic heterocycles. The second kappa shape index (κ2) is 7.16. The van der Waals surface area contributed by atoms with E-state index in [0.717, 1.165) is 6.42 Å². The number of hydrogen-bond donors (Lipinski definition) is 1. The summed E-state index contributed by atoms with van der Waals surface area (Å²) in [6.45, 7) is 4.44. The van der Waals surface area contributed by atoms with Gasteiger partial charge in [-0.15, -0.1) is 0 Å². The van der Waals surface area contributed by atoms with Crippen molar-refractivity contribution < 1.29 is 0 Å². The molecule has 2 aromatic rings. The molecule has 2 nitrogen and oxygen atoms in total. The van der Waals surface area contributed by atoms with Crippen LogP contribution in [0.15, 0.2) is 48.5 Å². The predicted molar refractivity (Wildman–Crippen MR) is 93.2 cm³/mol. The summed E-state index contributed by atoms with van der Waals surface area (Å²) in [5, 5.41) is 3.65. The third kappa shape index (κ3) is 4.01. The quantitative estimate of drug-likeness (QED) is 0.812. The van der Waals surface area contributed by atoms with Gasteiger partial charge in [0.15, 0.2) is 0 Å². The fourth-order valence-electron chi connectivity index (χ4n) is 2.53. The first-order valence-electron chi connectivity index (χ1n) is 7.73. The Morgan fingerprint density at radius 2 is 1.67 bits per heavy atom. The Bertz CT molecular complexity index is 558. The van der Waals surface area contributed by atoms with Crippen LogP contribution in [-0.2, 0) is 6.42 Å². The van der Waals surface area contributed by atoms with E-state index in [1.807, 2.05) is 0 Å². The summed E-state index contributed by atoms with van der Waals surface area (Å²) in [6.07, 6.45) is 2.29. The fraction of sp³-hybridized carbons (Fsp3) is 0.368. The minimum Gasteiger partial charge on any atom is -0.378 e. The number of rotatable bonds is 6. The van der Waals surface area contributed by atoms with Crippen molar-refractivity contribution in [3.63, 3.8) is 0 Å². The highest BCUT2D eigenvalue weighted by atomic mass is 15.1. The van der Waals surface area contributed by atoms with Crippen molar-refractivity contribution in [2.45, 2.75) is 32.7 Å². The molecule has 1 unspecified atom stereocenters. The summed E-state index contributed by atoms with van der Waals surface area (Å²) in [5.41, 5.74) is 5.20. The zero-order valence-corrected chi connectivity index (χ0v) is 13.6. The Morgan fingerprint density at radius 3 is 2.29 bits per heavy atom. The molecule has 21 heavy (non-hydrogen) atoms. The topological polar surface area (TPSA) is 15.3 Å². The normalized spacial score (nSPS) is 12.0. The van der Waals surface area contributed by atoms with Gasteiger partial charge in [-0.25, -0.2) is 0 Å². The molecule has 0 aliphatic rings. The maximum Gasteiger partial charge on any atom is 0.0485 e. The molecule has 1 atom stereocenters. The maximum atomic E-state index is 3.65. The van der Waals surface area contributed by atoms with Crippen LogP contribution >= 0.6 is 0 Å². The lowest BCUT2D eigenvalue weighted by molar-refractivity contribution is 0.867. The van der Waals surface area contributed by atoms with E-state index in [1.54, 1.807) is 0 Å². The lowest BCUT2D eigenvalue weighted by atomic mass is 10.0. The predicted octanol–water partition coefficient (Wildman–Crippen LogP) is 4.88. The van der Waals surface area contributed by atoms with Gasteiger partial charge in [-0.3, -0.25) is 0 Å². The number of nitrogens with one attached hydrogen (secondary N) is 1. The van der Waals surface area contributed by atoms with E-state index in [9.17, 15) is 0 Å². The summed E-state index contributed by atoms with van der Waals surface area (Å²) in [4.78, 5) is 2.12. The molecule has 0 saturated carbocycles. The van der Waals surface area contributed by atoms with Crippen LogP contribution in [-0.4, -0.2) is 14.1 Å². The minimum absolute atomic E-state index is 0.305. The molecule has 2 rings (SSSR count). The maximum absolute atomic E-state index is 3.65. The van der Waals surface area contributed by atoms with Crippen LogP contribution in [0.2, 0.25) is 0 Å².